The normalized spacial score (nSPS) is 17.7. The minimum absolute atomic E-state index is 0.0208. The Balaban J connectivity index is 2.14. The van der Waals surface area contributed by atoms with Gasteiger partial charge in [-0.1, -0.05) is 6.92 Å². The van der Waals surface area contributed by atoms with Crippen molar-refractivity contribution >= 4 is 15.8 Å². The fourth-order valence-electron chi connectivity index (χ4n) is 1.84. The monoisotopic (exact) mass is 289 g/mol. The number of anilines is 1. The summed E-state index contributed by atoms with van der Waals surface area (Å²) in [5.41, 5.74) is 5.67. The summed E-state index contributed by atoms with van der Waals surface area (Å²) < 4.78 is 31.1. The summed E-state index contributed by atoms with van der Waals surface area (Å²) >= 11 is 0. The van der Waals surface area contributed by atoms with Crippen LogP contribution in [0.1, 0.15) is 13.3 Å². The number of sulfonamides is 1. The van der Waals surface area contributed by atoms with E-state index in [1.54, 1.807) is 9.69 Å². The summed E-state index contributed by atoms with van der Waals surface area (Å²) in [6.07, 6.45) is 2.32. The van der Waals surface area contributed by atoms with Crippen LogP contribution < -0.4 is 10.6 Å². The zero-order valence-electron chi connectivity index (χ0n) is 10.9. The van der Waals surface area contributed by atoms with Gasteiger partial charge in [0.2, 0.25) is 0 Å². The molecular formula is C10H19N5O3S. The number of morpholine rings is 1. The van der Waals surface area contributed by atoms with Crippen molar-refractivity contribution in [1.29, 1.82) is 0 Å². The summed E-state index contributed by atoms with van der Waals surface area (Å²) in [4.78, 5) is 2.52. The lowest BCUT2D eigenvalue weighted by atomic mass is 10.5. The molecule has 3 N–H and O–H groups in total. The molecule has 2 rings (SSSR count). The number of nitrogen functional groups attached to an aromatic ring is 1. The van der Waals surface area contributed by atoms with E-state index >= 15 is 0 Å². The molecule has 1 aliphatic rings. The zero-order chi connectivity index (χ0) is 13.9. The largest absolute Gasteiger partial charge is 0.381 e. The number of nitrogens with one attached hydrogen (secondary N) is 1. The summed E-state index contributed by atoms with van der Waals surface area (Å²) in [7, 11) is -3.68. The smallest absolute Gasteiger partial charge is 0.258 e. The predicted octanol–water partition coefficient (Wildman–Crippen LogP) is -0.599. The van der Waals surface area contributed by atoms with E-state index in [1.165, 1.54) is 6.20 Å². The number of hydrogen-bond donors (Lipinski definition) is 2. The van der Waals surface area contributed by atoms with Crippen LogP contribution in [-0.2, 0) is 21.3 Å². The maximum Gasteiger partial charge on any atom is 0.258 e. The third-order valence-corrected chi connectivity index (χ3v) is 4.15. The molecule has 0 radical (unpaired) electrons. The second-order valence-electron chi connectivity index (χ2n) is 4.34. The highest BCUT2D eigenvalue weighted by atomic mass is 32.2. The Morgan fingerprint density at radius 1 is 1.47 bits per heavy atom. The highest BCUT2D eigenvalue weighted by molar-refractivity contribution is 7.89. The van der Waals surface area contributed by atoms with Gasteiger partial charge in [-0.25, -0.2) is 13.4 Å². The van der Waals surface area contributed by atoms with Crippen LogP contribution in [0.3, 0.4) is 0 Å². The molecule has 1 saturated heterocycles. The number of nitrogens with two attached hydrogens (primary N) is 1. The molecule has 8 nitrogen and oxygen atoms in total. The van der Waals surface area contributed by atoms with E-state index in [4.69, 9.17) is 10.5 Å². The van der Waals surface area contributed by atoms with Gasteiger partial charge in [-0.05, 0) is 6.42 Å². The second-order valence-corrected chi connectivity index (χ2v) is 5.97. The number of hydrazine groups is 1. The van der Waals surface area contributed by atoms with E-state index in [0.717, 1.165) is 6.42 Å². The van der Waals surface area contributed by atoms with Crippen molar-refractivity contribution in [2.45, 2.75) is 24.8 Å². The lowest BCUT2D eigenvalue weighted by Crippen LogP contribution is -2.48. The van der Waals surface area contributed by atoms with Crippen molar-refractivity contribution in [2.75, 3.05) is 32.0 Å². The molecule has 1 aromatic rings. The SMILES string of the molecule is CCCn1cc(S(=O)(=O)NN2CCOCC2)c(N)n1. The third kappa shape index (κ3) is 3.44. The standard InChI is InChI=1S/C10H19N5O3S/c1-2-3-15-8-9(10(11)12-15)19(16,17)13-14-4-6-18-7-5-14/h8,13H,2-7H2,1H3,(H2,11,12). The molecule has 19 heavy (non-hydrogen) atoms. The van der Waals surface area contributed by atoms with Gasteiger partial charge >= 0.3 is 0 Å². The summed E-state index contributed by atoms with van der Waals surface area (Å²) in [6.45, 7) is 4.67. The van der Waals surface area contributed by atoms with Crippen LogP contribution in [0.4, 0.5) is 5.82 Å². The van der Waals surface area contributed by atoms with E-state index in [1.807, 2.05) is 6.92 Å². The Kier molecular flexibility index (Phi) is 4.40. The van der Waals surface area contributed by atoms with Gasteiger partial charge in [-0.3, -0.25) is 4.68 Å². The summed E-state index contributed by atoms with van der Waals surface area (Å²) in [6, 6.07) is 0. The zero-order valence-corrected chi connectivity index (χ0v) is 11.7. The number of hydrogen-bond acceptors (Lipinski definition) is 6. The van der Waals surface area contributed by atoms with E-state index < -0.39 is 10.0 Å². The van der Waals surface area contributed by atoms with E-state index in [-0.39, 0.29) is 10.7 Å². The molecular weight excluding hydrogens is 270 g/mol. The van der Waals surface area contributed by atoms with Crippen LogP contribution >= 0.6 is 0 Å². The molecule has 0 saturated carbocycles. The number of rotatable bonds is 5. The van der Waals surface area contributed by atoms with E-state index in [9.17, 15) is 8.42 Å². The van der Waals surface area contributed by atoms with Gasteiger partial charge in [0, 0.05) is 25.8 Å². The first-order valence-corrected chi connectivity index (χ1v) is 7.69. The Bertz CT molecular complexity index is 521. The number of nitrogens with zero attached hydrogens (tertiary/aromatic N) is 3. The molecule has 0 spiro atoms. The van der Waals surface area contributed by atoms with Crippen LogP contribution in [0, 0.1) is 0 Å². The number of aryl methyl sites for hydroxylation is 1. The molecule has 2 heterocycles. The first kappa shape index (κ1) is 14.3. The average Bonchev–Trinajstić information content (AvgIpc) is 2.72. The minimum Gasteiger partial charge on any atom is -0.381 e. The Hall–Kier alpha value is -1.16. The summed E-state index contributed by atoms with van der Waals surface area (Å²) in [5, 5.41) is 5.60. The van der Waals surface area contributed by atoms with Crippen molar-refractivity contribution in [2.24, 2.45) is 0 Å². The second kappa shape index (κ2) is 5.87. The molecule has 1 fully saturated rings. The van der Waals surface area contributed by atoms with Crippen LogP contribution in [-0.4, -0.2) is 49.5 Å². The highest BCUT2D eigenvalue weighted by Gasteiger charge is 2.24. The van der Waals surface area contributed by atoms with E-state index in [0.29, 0.717) is 32.8 Å². The van der Waals surface area contributed by atoms with E-state index in [2.05, 4.69) is 9.93 Å². The van der Waals surface area contributed by atoms with Crippen LogP contribution in [0.15, 0.2) is 11.1 Å². The van der Waals surface area contributed by atoms with Crippen LogP contribution in [0.5, 0.6) is 0 Å². The van der Waals surface area contributed by atoms with Gasteiger partial charge in [0.1, 0.15) is 4.90 Å². The quantitative estimate of drug-likeness (QED) is 0.750. The molecule has 0 amide bonds. The molecule has 108 valence electrons. The first-order valence-electron chi connectivity index (χ1n) is 6.21. The van der Waals surface area contributed by atoms with Crippen molar-refractivity contribution in [3.05, 3.63) is 6.20 Å². The highest BCUT2D eigenvalue weighted by Crippen LogP contribution is 2.16. The molecule has 0 aliphatic carbocycles. The molecule has 9 heteroatoms. The Labute approximate surface area is 112 Å². The predicted molar refractivity (Wildman–Crippen MR) is 69.6 cm³/mol. The Morgan fingerprint density at radius 2 is 2.16 bits per heavy atom. The van der Waals surface area contributed by atoms with Crippen molar-refractivity contribution in [3.63, 3.8) is 0 Å². The number of ether oxygens (including phenoxy) is 1. The fourth-order valence-corrected chi connectivity index (χ4v) is 3.04. The minimum atomic E-state index is -3.68. The number of aromatic nitrogens is 2. The van der Waals surface area contributed by atoms with Gasteiger partial charge in [0.05, 0.1) is 13.2 Å². The fraction of sp³-hybridized carbons (Fsp3) is 0.700. The third-order valence-electron chi connectivity index (χ3n) is 2.76. The van der Waals surface area contributed by atoms with Crippen molar-refractivity contribution in [3.8, 4) is 0 Å². The van der Waals surface area contributed by atoms with Gasteiger partial charge in [0.15, 0.2) is 5.82 Å². The van der Waals surface area contributed by atoms with Crippen molar-refractivity contribution < 1.29 is 13.2 Å². The Morgan fingerprint density at radius 3 is 2.79 bits per heavy atom. The van der Waals surface area contributed by atoms with Gasteiger partial charge in [0.25, 0.3) is 10.0 Å². The van der Waals surface area contributed by atoms with Crippen LogP contribution in [0.2, 0.25) is 0 Å². The molecule has 0 unspecified atom stereocenters. The van der Waals surface area contributed by atoms with Gasteiger partial charge < -0.3 is 10.5 Å². The lowest BCUT2D eigenvalue weighted by molar-refractivity contribution is 0.0272. The molecule has 1 aliphatic heterocycles. The van der Waals surface area contributed by atoms with Crippen molar-refractivity contribution in [1.82, 2.24) is 19.6 Å². The van der Waals surface area contributed by atoms with Gasteiger partial charge in [-0.2, -0.15) is 5.10 Å². The molecule has 1 aromatic heterocycles. The maximum absolute atomic E-state index is 12.2. The van der Waals surface area contributed by atoms with Gasteiger partial charge in [-0.15, -0.1) is 4.83 Å². The lowest BCUT2D eigenvalue weighted by Gasteiger charge is -2.26. The maximum atomic E-state index is 12.2. The topological polar surface area (TPSA) is 102 Å². The molecule has 0 aromatic carbocycles. The first-order chi connectivity index (χ1) is 9.03. The summed E-state index contributed by atoms with van der Waals surface area (Å²) in [5.74, 6) is 0.0224. The average molecular weight is 289 g/mol. The van der Waals surface area contributed by atoms with Crippen LogP contribution in [0.25, 0.3) is 0 Å². The molecule has 0 atom stereocenters. The molecule has 0 bridgehead atoms.